The molecule has 170 valence electrons. The Kier molecular flexibility index (Phi) is 5.48. The minimum atomic E-state index is -0.398. The molecular weight excluding hydrogens is 428 g/mol. The van der Waals surface area contributed by atoms with Crippen molar-refractivity contribution in [1.29, 1.82) is 0 Å². The number of carbonyl (C=O) groups is 2. The maximum atomic E-state index is 12.5. The van der Waals surface area contributed by atoms with Crippen LogP contribution in [0, 0.1) is 17.8 Å². The summed E-state index contributed by atoms with van der Waals surface area (Å²) in [5.74, 6) is 9.14. The first-order valence-corrected chi connectivity index (χ1v) is 12.0. The van der Waals surface area contributed by atoms with Crippen molar-refractivity contribution >= 4 is 23.7 Å². The molecule has 0 unspecified atom stereocenters. The largest absolute Gasteiger partial charge is 0.497 e. The Bertz CT molecular complexity index is 986. The average molecular weight is 457 g/mol. The lowest BCUT2D eigenvalue weighted by molar-refractivity contribution is -0.117. The molecule has 32 heavy (non-hydrogen) atoms. The van der Waals surface area contributed by atoms with Gasteiger partial charge in [-0.15, -0.1) is 10.2 Å². The van der Waals surface area contributed by atoms with E-state index < -0.39 is 6.03 Å². The van der Waals surface area contributed by atoms with Gasteiger partial charge in [0, 0.05) is 11.1 Å². The van der Waals surface area contributed by atoms with Gasteiger partial charge >= 0.3 is 6.03 Å². The van der Waals surface area contributed by atoms with Crippen molar-refractivity contribution in [3.8, 4) is 17.1 Å². The predicted octanol–water partition coefficient (Wildman–Crippen LogP) is 2.55. The van der Waals surface area contributed by atoms with Crippen LogP contribution in [0.5, 0.6) is 5.75 Å². The summed E-state index contributed by atoms with van der Waals surface area (Å²) in [5, 5.41) is 14.2. The first-order chi connectivity index (χ1) is 15.4. The molecule has 1 aromatic carbocycles. The van der Waals surface area contributed by atoms with E-state index in [9.17, 15) is 9.59 Å². The lowest BCUT2D eigenvalue weighted by Crippen LogP contribution is -2.61. The molecule has 3 amide bonds. The Morgan fingerprint density at radius 3 is 2.34 bits per heavy atom. The average Bonchev–Trinajstić information content (AvgIpc) is 3.11. The summed E-state index contributed by atoms with van der Waals surface area (Å²) in [6.45, 7) is 0. The summed E-state index contributed by atoms with van der Waals surface area (Å²) in [7, 11) is 1.60. The Morgan fingerprint density at radius 1 is 1.12 bits per heavy atom. The van der Waals surface area contributed by atoms with E-state index in [2.05, 4.69) is 20.8 Å². The number of benzene rings is 1. The number of urea groups is 1. The number of hydrogen-bond donors (Lipinski definition) is 3. The molecule has 4 aliphatic carbocycles. The van der Waals surface area contributed by atoms with Crippen molar-refractivity contribution in [2.45, 2.75) is 49.2 Å². The van der Waals surface area contributed by atoms with Gasteiger partial charge in [0.05, 0.1) is 12.9 Å². The van der Waals surface area contributed by atoms with Crippen molar-refractivity contribution < 1.29 is 14.3 Å². The highest BCUT2D eigenvalue weighted by atomic mass is 32.2. The molecule has 0 aliphatic heterocycles. The van der Waals surface area contributed by atoms with E-state index in [4.69, 9.17) is 10.6 Å². The number of amides is 3. The first kappa shape index (κ1) is 21.1. The second kappa shape index (κ2) is 8.31. The van der Waals surface area contributed by atoms with Crippen LogP contribution in [-0.4, -0.2) is 45.2 Å². The van der Waals surface area contributed by atoms with E-state index in [1.165, 1.54) is 23.9 Å². The Balaban J connectivity index is 1.14. The number of hydrogen-bond acceptors (Lipinski definition) is 7. The summed E-state index contributed by atoms with van der Waals surface area (Å²) in [5.41, 5.74) is 0.656. The van der Waals surface area contributed by atoms with Gasteiger partial charge in [-0.3, -0.25) is 10.1 Å². The van der Waals surface area contributed by atoms with E-state index in [-0.39, 0.29) is 17.2 Å². The third-order valence-electron chi connectivity index (χ3n) is 7.02. The molecule has 1 heterocycles. The maximum Gasteiger partial charge on any atom is 0.321 e. The molecule has 1 aromatic heterocycles. The van der Waals surface area contributed by atoms with Crippen LogP contribution in [0.15, 0.2) is 29.4 Å². The van der Waals surface area contributed by atoms with Gasteiger partial charge in [-0.25, -0.2) is 9.47 Å². The second-order valence-electron chi connectivity index (χ2n) is 9.39. The molecule has 6 rings (SSSR count). The highest BCUT2D eigenvalue weighted by Crippen LogP contribution is 2.55. The molecule has 0 saturated heterocycles. The smallest absolute Gasteiger partial charge is 0.321 e. The fourth-order valence-corrected chi connectivity index (χ4v) is 6.80. The van der Waals surface area contributed by atoms with Crippen LogP contribution in [0.25, 0.3) is 11.4 Å². The van der Waals surface area contributed by atoms with Crippen LogP contribution in [0.1, 0.15) is 38.5 Å². The fraction of sp³-hybridized carbons (Fsp3) is 0.545. The number of thioether (sulfide) groups is 1. The summed E-state index contributed by atoms with van der Waals surface area (Å²) < 4.78 is 6.50. The van der Waals surface area contributed by atoms with Crippen molar-refractivity contribution in [2.24, 2.45) is 17.8 Å². The van der Waals surface area contributed by atoms with E-state index in [1.54, 1.807) is 7.11 Å². The number of rotatable bonds is 6. The lowest BCUT2D eigenvalue weighted by Gasteiger charge is -2.56. The molecule has 4 fully saturated rings. The van der Waals surface area contributed by atoms with E-state index in [0.29, 0.717) is 11.0 Å². The number of methoxy groups -OCH3 is 1. The normalized spacial score (nSPS) is 27.8. The monoisotopic (exact) mass is 456 g/mol. The molecule has 0 radical (unpaired) electrons. The minimum Gasteiger partial charge on any atom is -0.497 e. The summed E-state index contributed by atoms with van der Waals surface area (Å²) in [6, 6.07) is 6.90. The second-order valence-corrected chi connectivity index (χ2v) is 10.3. The Morgan fingerprint density at radius 2 is 1.75 bits per heavy atom. The zero-order chi connectivity index (χ0) is 22.3. The van der Waals surface area contributed by atoms with Crippen molar-refractivity contribution in [1.82, 2.24) is 25.5 Å². The quantitative estimate of drug-likeness (QED) is 0.451. The molecule has 4 aliphatic rings. The van der Waals surface area contributed by atoms with Crippen LogP contribution in [-0.2, 0) is 4.79 Å². The van der Waals surface area contributed by atoms with E-state index in [0.717, 1.165) is 60.1 Å². The van der Waals surface area contributed by atoms with Gasteiger partial charge in [-0.2, -0.15) is 0 Å². The molecule has 2 aromatic rings. The molecule has 10 heteroatoms. The van der Waals surface area contributed by atoms with Gasteiger partial charge in [0.15, 0.2) is 5.82 Å². The van der Waals surface area contributed by atoms with Gasteiger partial charge in [0.25, 0.3) is 0 Å². The van der Waals surface area contributed by atoms with Crippen LogP contribution in [0.2, 0.25) is 0 Å². The number of nitrogen functional groups attached to an aromatic ring is 1. The number of aromatic nitrogens is 3. The number of carbonyl (C=O) groups excluding carboxylic acids is 2. The zero-order valence-electron chi connectivity index (χ0n) is 18.0. The lowest BCUT2D eigenvalue weighted by atomic mass is 9.53. The van der Waals surface area contributed by atoms with Crippen LogP contribution < -0.4 is 21.2 Å². The first-order valence-electron chi connectivity index (χ1n) is 11.0. The van der Waals surface area contributed by atoms with Crippen LogP contribution >= 0.6 is 11.8 Å². The number of nitrogens with two attached hydrogens (primary N) is 1. The van der Waals surface area contributed by atoms with Crippen LogP contribution in [0.3, 0.4) is 0 Å². The highest BCUT2D eigenvalue weighted by Gasteiger charge is 2.51. The molecule has 4 saturated carbocycles. The van der Waals surface area contributed by atoms with E-state index in [1.807, 2.05) is 24.3 Å². The third-order valence-corrected chi connectivity index (χ3v) is 7.96. The minimum absolute atomic E-state index is 0.0201. The van der Waals surface area contributed by atoms with Gasteiger partial charge in [-0.1, -0.05) is 11.8 Å². The number of imide groups is 1. The fourth-order valence-electron chi connectivity index (χ4n) is 6.14. The van der Waals surface area contributed by atoms with Gasteiger partial charge in [-0.05, 0) is 80.5 Å². The summed E-state index contributed by atoms with van der Waals surface area (Å²) in [6.07, 6.45) is 7.03. The third kappa shape index (κ3) is 4.15. The van der Waals surface area contributed by atoms with Crippen molar-refractivity contribution in [3.63, 3.8) is 0 Å². The van der Waals surface area contributed by atoms with Gasteiger partial charge in [0.1, 0.15) is 5.75 Å². The molecule has 9 nitrogen and oxygen atoms in total. The summed E-state index contributed by atoms with van der Waals surface area (Å²) in [4.78, 5) is 24.9. The highest BCUT2D eigenvalue weighted by molar-refractivity contribution is 7.99. The van der Waals surface area contributed by atoms with Crippen LogP contribution in [0.4, 0.5) is 4.79 Å². The molecule has 4 N–H and O–H groups in total. The number of nitrogens with zero attached hydrogens (tertiary/aromatic N) is 3. The number of nitrogens with one attached hydrogen (secondary N) is 2. The van der Waals surface area contributed by atoms with Crippen molar-refractivity contribution in [2.75, 3.05) is 18.7 Å². The maximum absolute atomic E-state index is 12.5. The van der Waals surface area contributed by atoms with Gasteiger partial charge < -0.3 is 15.9 Å². The molecule has 0 spiro atoms. The summed E-state index contributed by atoms with van der Waals surface area (Å²) >= 11 is 1.14. The van der Waals surface area contributed by atoms with Crippen molar-refractivity contribution in [3.05, 3.63) is 24.3 Å². The topological polar surface area (TPSA) is 124 Å². The SMILES string of the molecule is COc1ccc(-c2nnc(SCC(=O)NC(=O)NC34CC5CC(CC(C5)C3)C4)n2N)cc1. The number of ether oxygens (including phenoxy) is 1. The molecular formula is C22H28N6O3S. The zero-order valence-corrected chi connectivity index (χ0v) is 18.9. The van der Waals surface area contributed by atoms with E-state index >= 15 is 0 Å². The van der Waals surface area contributed by atoms with Gasteiger partial charge in [0.2, 0.25) is 11.1 Å². The Labute approximate surface area is 190 Å². The molecule has 0 atom stereocenters. The molecule has 4 bridgehead atoms. The Hall–Kier alpha value is -2.75. The standard InChI is InChI=1S/C22H28N6O3S/c1-31-17-4-2-16(3-5-17)19-26-27-21(28(19)23)32-12-18(29)24-20(30)25-22-9-13-6-14(10-22)8-15(7-13)11-22/h2-5,13-15H,6-12,23H2,1H3,(H2,24,25,29,30). The predicted molar refractivity (Wildman–Crippen MR) is 120 cm³/mol.